The SMILES string of the molecule is Cc1ccnc(N)c1C(=O)c1ccncc1. The quantitative estimate of drug-likeness (QED) is 0.769. The Hall–Kier alpha value is -2.23. The summed E-state index contributed by atoms with van der Waals surface area (Å²) in [5.74, 6) is 0.146. The lowest BCUT2D eigenvalue weighted by Gasteiger charge is -2.06. The van der Waals surface area contributed by atoms with Crippen LogP contribution in [0.15, 0.2) is 36.8 Å². The highest BCUT2D eigenvalue weighted by molar-refractivity contribution is 6.12. The Kier molecular flexibility index (Phi) is 2.64. The number of ketones is 1. The summed E-state index contributed by atoms with van der Waals surface area (Å²) in [6.45, 7) is 1.84. The number of aromatic nitrogens is 2. The van der Waals surface area contributed by atoms with Crippen LogP contribution in [-0.4, -0.2) is 15.8 Å². The average Bonchev–Trinajstić information content (AvgIpc) is 2.30. The van der Waals surface area contributed by atoms with Crippen molar-refractivity contribution in [2.24, 2.45) is 0 Å². The summed E-state index contributed by atoms with van der Waals surface area (Å²) in [6.07, 6.45) is 4.75. The van der Waals surface area contributed by atoms with Crippen molar-refractivity contribution in [3.8, 4) is 0 Å². The summed E-state index contributed by atoms with van der Waals surface area (Å²) in [4.78, 5) is 19.9. The molecular weight excluding hydrogens is 202 g/mol. The van der Waals surface area contributed by atoms with E-state index in [1.807, 2.05) is 6.92 Å². The molecule has 0 aliphatic rings. The van der Waals surface area contributed by atoms with Gasteiger partial charge in [0.15, 0.2) is 5.78 Å². The van der Waals surface area contributed by atoms with Gasteiger partial charge in [-0.15, -0.1) is 0 Å². The average molecular weight is 213 g/mol. The van der Waals surface area contributed by atoms with E-state index in [4.69, 9.17) is 5.73 Å². The molecule has 0 saturated heterocycles. The van der Waals surface area contributed by atoms with Crippen LogP contribution < -0.4 is 5.73 Å². The Labute approximate surface area is 93.2 Å². The van der Waals surface area contributed by atoms with Crippen LogP contribution in [0.5, 0.6) is 0 Å². The summed E-state index contributed by atoms with van der Waals surface area (Å²) < 4.78 is 0. The number of nitrogen functional groups attached to an aromatic ring is 1. The van der Waals surface area contributed by atoms with Gasteiger partial charge in [0.1, 0.15) is 5.82 Å². The van der Waals surface area contributed by atoms with Gasteiger partial charge in [0.2, 0.25) is 0 Å². The zero-order valence-corrected chi connectivity index (χ0v) is 8.84. The number of carbonyl (C=O) groups is 1. The number of hydrogen-bond acceptors (Lipinski definition) is 4. The fourth-order valence-corrected chi connectivity index (χ4v) is 1.52. The van der Waals surface area contributed by atoms with Gasteiger partial charge in [0, 0.05) is 24.2 Å². The van der Waals surface area contributed by atoms with Gasteiger partial charge in [-0.3, -0.25) is 9.78 Å². The first-order valence-corrected chi connectivity index (χ1v) is 4.86. The van der Waals surface area contributed by atoms with E-state index in [0.717, 1.165) is 5.56 Å². The Morgan fingerprint density at radius 2 is 1.88 bits per heavy atom. The van der Waals surface area contributed by atoms with E-state index < -0.39 is 0 Å². The highest BCUT2D eigenvalue weighted by Crippen LogP contribution is 2.17. The number of nitrogens with zero attached hydrogens (tertiary/aromatic N) is 2. The minimum Gasteiger partial charge on any atom is -0.383 e. The molecule has 0 atom stereocenters. The Balaban J connectivity index is 2.50. The summed E-state index contributed by atoms with van der Waals surface area (Å²) in [5, 5.41) is 0. The van der Waals surface area contributed by atoms with Crippen LogP contribution >= 0.6 is 0 Å². The van der Waals surface area contributed by atoms with E-state index in [2.05, 4.69) is 9.97 Å². The maximum Gasteiger partial charge on any atom is 0.197 e. The second kappa shape index (κ2) is 4.10. The second-order valence-electron chi connectivity index (χ2n) is 3.45. The van der Waals surface area contributed by atoms with Crippen molar-refractivity contribution in [2.45, 2.75) is 6.92 Å². The maximum atomic E-state index is 12.1. The van der Waals surface area contributed by atoms with Crippen molar-refractivity contribution in [3.63, 3.8) is 0 Å². The molecule has 16 heavy (non-hydrogen) atoms. The third-order valence-corrected chi connectivity index (χ3v) is 2.36. The van der Waals surface area contributed by atoms with Crippen LogP contribution in [0.4, 0.5) is 5.82 Å². The van der Waals surface area contributed by atoms with E-state index in [0.29, 0.717) is 11.1 Å². The lowest BCUT2D eigenvalue weighted by molar-refractivity contribution is 0.103. The molecule has 2 N–H and O–H groups in total. The van der Waals surface area contributed by atoms with Gasteiger partial charge in [0.05, 0.1) is 5.56 Å². The standard InChI is InChI=1S/C12H11N3O/c1-8-2-7-15-12(13)10(8)11(16)9-3-5-14-6-4-9/h2-7H,1H3,(H2,13,15). The van der Waals surface area contributed by atoms with Crippen LogP contribution in [-0.2, 0) is 0 Å². The topological polar surface area (TPSA) is 68.9 Å². The molecule has 2 rings (SSSR count). The first-order chi connectivity index (χ1) is 7.70. The molecule has 0 amide bonds. The summed E-state index contributed by atoms with van der Waals surface area (Å²) in [5.41, 5.74) is 7.57. The van der Waals surface area contributed by atoms with Crippen LogP contribution in [0.1, 0.15) is 21.5 Å². The van der Waals surface area contributed by atoms with E-state index >= 15 is 0 Å². The molecule has 0 spiro atoms. The number of pyridine rings is 2. The normalized spacial score (nSPS) is 10.1. The first kappa shape index (κ1) is 10.3. The molecule has 2 aromatic heterocycles. The minimum absolute atomic E-state index is 0.120. The number of hydrogen-bond donors (Lipinski definition) is 1. The van der Waals surface area contributed by atoms with Gasteiger partial charge in [-0.05, 0) is 30.7 Å². The molecule has 0 saturated carbocycles. The van der Waals surface area contributed by atoms with Crippen molar-refractivity contribution in [1.29, 1.82) is 0 Å². The molecule has 0 bridgehead atoms. The molecule has 0 aliphatic carbocycles. The van der Waals surface area contributed by atoms with Crippen molar-refractivity contribution in [2.75, 3.05) is 5.73 Å². The van der Waals surface area contributed by atoms with E-state index in [-0.39, 0.29) is 11.6 Å². The van der Waals surface area contributed by atoms with Gasteiger partial charge in [-0.2, -0.15) is 0 Å². The maximum absolute atomic E-state index is 12.1. The number of rotatable bonds is 2. The molecule has 2 aromatic rings. The molecule has 0 unspecified atom stereocenters. The van der Waals surface area contributed by atoms with Gasteiger partial charge >= 0.3 is 0 Å². The summed E-state index contributed by atoms with van der Waals surface area (Å²) >= 11 is 0. The number of aryl methyl sites for hydroxylation is 1. The highest BCUT2D eigenvalue weighted by Gasteiger charge is 2.15. The molecular formula is C12H11N3O. The summed E-state index contributed by atoms with van der Waals surface area (Å²) in [7, 11) is 0. The lowest BCUT2D eigenvalue weighted by atomic mass is 10.0. The van der Waals surface area contributed by atoms with Gasteiger partial charge in [-0.1, -0.05) is 0 Å². The van der Waals surface area contributed by atoms with E-state index in [1.165, 1.54) is 0 Å². The number of nitrogens with two attached hydrogens (primary N) is 1. The highest BCUT2D eigenvalue weighted by atomic mass is 16.1. The predicted octanol–water partition coefficient (Wildman–Crippen LogP) is 1.60. The van der Waals surface area contributed by atoms with Crippen molar-refractivity contribution < 1.29 is 4.79 Å². The van der Waals surface area contributed by atoms with E-state index in [1.54, 1.807) is 36.8 Å². The monoisotopic (exact) mass is 213 g/mol. The minimum atomic E-state index is -0.120. The molecule has 0 radical (unpaired) electrons. The zero-order chi connectivity index (χ0) is 11.5. The first-order valence-electron chi connectivity index (χ1n) is 4.86. The van der Waals surface area contributed by atoms with Gasteiger partial charge in [0.25, 0.3) is 0 Å². The van der Waals surface area contributed by atoms with Crippen LogP contribution in [0.25, 0.3) is 0 Å². The van der Waals surface area contributed by atoms with Gasteiger partial charge < -0.3 is 5.73 Å². The Morgan fingerprint density at radius 3 is 2.50 bits per heavy atom. The predicted molar refractivity (Wildman–Crippen MR) is 61.1 cm³/mol. The second-order valence-corrected chi connectivity index (χ2v) is 3.45. The number of anilines is 1. The third-order valence-electron chi connectivity index (χ3n) is 2.36. The smallest absolute Gasteiger partial charge is 0.197 e. The molecule has 0 fully saturated rings. The lowest BCUT2D eigenvalue weighted by Crippen LogP contribution is -2.09. The Bertz CT molecular complexity index is 503. The largest absolute Gasteiger partial charge is 0.383 e. The Morgan fingerprint density at radius 1 is 1.19 bits per heavy atom. The fourth-order valence-electron chi connectivity index (χ4n) is 1.52. The molecule has 0 aromatic carbocycles. The fraction of sp³-hybridized carbons (Fsp3) is 0.0833. The third kappa shape index (κ3) is 1.77. The molecule has 4 heteroatoms. The summed E-state index contributed by atoms with van der Waals surface area (Å²) in [6, 6.07) is 5.09. The zero-order valence-electron chi connectivity index (χ0n) is 8.84. The van der Waals surface area contributed by atoms with Crippen LogP contribution in [0, 0.1) is 6.92 Å². The van der Waals surface area contributed by atoms with E-state index in [9.17, 15) is 4.79 Å². The van der Waals surface area contributed by atoms with Crippen molar-refractivity contribution >= 4 is 11.6 Å². The molecule has 4 nitrogen and oxygen atoms in total. The van der Waals surface area contributed by atoms with Crippen molar-refractivity contribution in [1.82, 2.24) is 9.97 Å². The van der Waals surface area contributed by atoms with Crippen LogP contribution in [0.3, 0.4) is 0 Å². The van der Waals surface area contributed by atoms with Gasteiger partial charge in [-0.25, -0.2) is 4.98 Å². The number of carbonyl (C=O) groups excluding carboxylic acids is 1. The van der Waals surface area contributed by atoms with Crippen molar-refractivity contribution in [3.05, 3.63) is 53.5 Å². The molecule has 2 heterocycles. The molecule has 80 valence electrons. The molecule has 0 aliphatic heterocycles. The van der Waals surface area contributed by atoms with Crippen LogP contribution in [0.2, 0.25) is 0 Å².